The van der Waals surface area contributed by atoms with Gasteiger partial charge in [0.15, 0.2) is 0 Å². The summed E-state index contributed by atoms with van der Waals surface area (Å²) in [6.07, 6.45) is 1.52. The van der Waals surface area contributed by atoms with Gasteiger partial charge in [-0.05, 0) is 5.22 Å². The molecule has 0 atom stereocenters. The molecule has 6 N–H and O–H groups in total. The van der Waals surface area contributed by atoms with Gasteiger partial charge in [-0.25, -0.2) is 0 Å². The number of benzene rings is 1. The molecular formula is C8H11N3. The van der Waals surface area contributed by atoms with Crippen molar-refractivity contribution in [3.63, 3.8) is 0 Å². The normalized spacial score (nSPS) is 9.09. The van der Waals surface area contributed by atoms with Gasteiger partial charge in [-0.15, -0.1) is 0 Å². The molecule has 0 unspecified atom stereocenters. The lowest BCUT2D eigenvalue weighted by atomic mass is 10.2. The predicted octanol–water partition coefficient (Wildman–Crippen LogP) is -1.63. The van der Waals surface area contributed by atoms with Crippen LogP contribution in [0.25, 0.3) is 12.0 Å². The molecule has 0 bridgehead atoms. The summed E-state index contributed by atoms with van der Waals surface area (Å²) < 4.78 is 0. The lowest BCUT2D eigenvalue weighted by molar-refractivity contribution is 1.38. The van der Waals surface area contributed by atoms with Gasteiger partial charge in [0.05, 0.1) is 0 Å². The molecule has 1 aromatic carbocycles. The van der Waals surface area contributed by atoms with E-state index in [9.17, 15) is 0 Å². The van der Waals surface area contributed by atoms with Gasteiger partial charge in [-0.3, -0.25) is 0 Å². The predicted molar refractivity (Wildman–Crippen MR) is 46.1 cm³/mol. The van der Waals surface area contributed by atoms with Gasteiger partial charge in [-0.1, -0.05) is 24.3 Å². The summed E-state index contributed by atoms with van der Waals surface area (Å²) in [5.41, 5.74) is 16.0. The molecule has 1 rings (SSSR count). The van der Waals surface area contributed by atoms with Gasteiger partial charge in [0.1, 0.15) is 5.82 Å². The summed E-state index contributed by atoms with van der Waals surface area (Å²) in [6.45, 7) is 0. The van der Waals surface area contributed by atoms with Crippen LogP contribution in [0, 0.1) is 0 Å². The average Bonchev–Trinajstić information content (AvgIpc) is 2.05. The highest BCUT2D eigenvalue weighted by Gasteiger charge is 1.81. The van der Waals surface area contributed by atoms with E-state index < -0.39 is 0 Å². The van der Waals surface area contributed by atoms with E-state index in [1.807, 2.05) is 24.3 Å². The highest BCUT2D eigenvalue weighted by atomic mass is 14.8. The molecule has 0 fully saturated rings. The molecule has 3 nitrogen and oxygen atoms in total. The summed E-state index contributed by atoms with van der Waals surface area (Å²) >= 11 is 0. The SMILES string of the molecule is NC=c1ccc(=C(N)N)cc1. The van der Waals surface area contributed by atoms with E-state index in [4.69, 9.17) is 17.2 Å². The number of rotatable bonds is 0. The highest BCUT2D eigenvalue weighted by Crippen LogP contribution is 1.69. The molecule has 0 saturated heterocycles. The number of hydrogen-bond acceptors (Lipinski definition) is 3. The van der Waals surface area contributed by atoms with Gasteiger partial charge in [0.2, 0.25) is 0 Å². The van der Waals surface area contributed by atoms with Gasteiger partial charge in [-0.2, -0.15) is 0 Å². The Morgan fingerprint density at radius 1 is 1.09 bits per heavy atom. The third kappa shape index (κ3) is 1.64. The van der Waals surface area contributed by atoms with Crippen LogP contribution in [0.5, 0.6) is 0 Å². The molecule has 3 heteroatoms. The van der Waals surface area contributed by atoms with Gasteiger partial charge >= 0.3 is 0 Å². The maximum Gasteiger partial charge on any atom is 0.101 e. The van der Waals surface area contributed by atoms with Crippen molar-refractivity contribution >= 4 is 12.0 Å². The molecule has 0 radical (unpaired) electrons. The topological polar surface area (TPSA) is 78.1 Å². The molecule has 0 aliphatic rings. The van der Waals surface area contributed by atoms with E-state index in [1.54, 1.807) is 0 Å². The van der Waals surface area contributed by atoms with Crippen LogP contribution in [-0.2, 0) is 0 Å². The largest absolute Gasteiger partial charge is 0.404 e. The quantitative estimate of drug-likeness (QED) is 0.414. The fourth-order valence-corrected chi connectivity index (χ4v) is 0.787. The molecule has 0 spiro atoms. The van der Waals surface area contributed by atoms with Crippen molar-refractivity contribution in [2.75, 3.05) is 0 Å². The van der Waals surface area contributed by atoms with Gasteiger partial charge in [0.25, 0.3) is 0 Å². The minimum absolute atomic E-state index is 0.327. The minimum Gasteiger partial charge on any atom is -0.404 e. The van der Waals surface area contributed by atoms with Crippen LogP contribution < -0.4 is 27.6 Å². The minimum atomic E-state index is 0.327. The first-order valence-electron chi connectivity index (χ1n) is 3.27. The van der Waals surface area contributed by atoms with Crippen molar-refractivity contribution in [3.8, 4) is 0 Å². The van der Waals surface area contributed by atoms with Crippen molar-refractivity contribution in [1.82, 2.24) is 0 Å². The molecule has 0 aromatic heterocycles. The Hall–Kier alpha value is -1.64. The van der Waals surface area contributed by atoms with Crippen molar-refractivity contribution in [2.24, 2.45) is 17.2 Å². The van der Waals surface area contributed by atoms with Crippen LogP contribution in [0.4, 0.5) is 0 Å². The van der Waals surface area contributed by atoms with E-state index in [0.29, 0.717) is 5.82 Å². The maximum atomic E-state index is 5.36. The molecule has 0 heterocycles. The Labute approximate surface area is 64.8 Å². The first-order chi connectivity index (χ1) is 5.24. The van der Waals surface area contributed by atoms with E-state index in [-0.39, 0.29) is 0 Å². The number of hydrogen-bond donors (Lipinski definition) is 3. The third-order valence-electron chi connectivity index (χ3n) is 1.44. The Bertz CT molecular complexity index is 327. The Morgan fingerprint density at radius 2 is 1.64 bits per heavy atom. The molecule has 0 aliphatic carbocycles. The second-order valence-corrected chi connectivity index (χ2v) is 2.24. The summed E-state index contributed by atoms with van der Waals surface area (Å²) in [5.74, 6) is 0.327. The van der Waals surface area contributed by atoms with Crippen molar-refractivity contribution in [3.05, 3.63) is 34.7 Å². The first kappa shape index (κ1) is 7.47. The lowest BCUT2D eigenvalue weighted by Gasteiger charge is -1.90. The number of nitrogens with two attached hydrogens (primary N) is 3. The lowest BCUT2D eigenvalue weighted by Crippen LogP contribution is -2.21. The smallest absolute Gasteiger partial charge is 0.101 e. The van der Waals surface area contributed by atoms with Crippen LogP contribution in [0.2, 0.25) is 0 Å². The van der Waals surface area contributed by atoms with Crippen molar-refractivity contribution in [1.29, 1.82) is 0 Å². The van der Waals surface area contributed by atoms with Crippen LogP contribution in [0.15, 0.2) is 24.3 Å². The average molecular weight is 149 g/mol. The molecule has 11 heavy (non-hydrogen) atoms. The summed E-state index contributed by atoms with van der Waals surface area (Å²) in [7, 11) is 0. The Kier molecular flexibility index (Phi) is 2.01. The van der Waals surface area contributed by atoms with E-state index >= 15 is 0 Å². The molecule has 58 valence electrons. The first-order valence-corrected chi connectivity index (χ1v) is 3.27. The maximum absolute atomic E-state index is 5.36. The van der Waals surface area contributed by atoms with Crippen LogP contribution in [0.1, 0.15) is 0 Å². The summed E-state index contributed by atoms with van der Waals surface area (Å²) in [5, 5.41) is 1.78. The van der Waals surface area contributed by atoms with E-state index in [1.165, 1.54) is 6.20 Å². The molecular weight excluding hydrogens is 138 g/mol. The fourth-order valence-electron chi connectivity index (χ4n) is 0.787. The summed E-state index contributed by atoms with van der Waals surface area (Å²) in [6, 6.07) is 7.37. The molecule has 0 saturated carbocycles. The Morgan fingerprint density at radius 3 is 2.00 bits per heavy atom. The molecule has 0 amide bonds. The second-order valence-electron chi connectivity index (χ2n) is 2.24. The zero-order valence-electron chi connectivity index (χ0n) is 6.12. The van der Waals surface area contributed by atoms with Crippen LogP contribution in [0.3, 0.4) is 0 Å². The van der Waals surface area contributed by atoms with E-state index in [0.717, 1.165) is 10.4 Å². The molecule has 0 aliphatic heterocycles. The monoisotopic (exact) mass is 149 g/mol. The summed E-state index contributed by atoms with van der Waals surface area (Å²) in [4.78, 5) is 0. The van der Waals surface area contributed by atoms with Gasteiger partial charge in [0, 0.05) is 11.4 Å². The van der Waals surface area contributed by atoms with Crippen molar-refractivity contribution in [2.45, 2.75) is 0 Å². The zero-order valence-corrected chi connectivity index (χ0v) is 6.12. The molecule has 1 aromatic rings. The second kappa shape index (κ2) is 2.96. The Balaban J connectivity index is 3.34. The third-order valence-corrected chi connectivity index (χ3v) is 1.44. The van der Waals surface area contributed by atoms with Crippen molar-refractivity contribution < 1.29 is 0 Å². The fraction of sp³-hybridized carbons (Fsp3) is 0. The van der Waals surface area contributed by atoms with Crippen LogP contribution >= 0.6 is 0 Å². The van der Waals surface area contributed by atoms with E-state index in [2.05, 4.69) is 0 Å². The van der Waals surface area contributed by atoms with Crippen LogP contribution in [-0.4, -0.2) is 0 Å². The highest BCUT2D eigenvalue weighted by molar-refractivity contribution is 5.35. The standard InChI is InChI=1S/C8H11N3/c9-5-6-1-3-7(4-2-6)8(10)11/h1-5H,9-11H2. The zero-order chi connectivity index (χ0) is 8.27. The van der Waals surface area contributed by atoms with Gasteiger partial charge < -0.3 is 17.2 Å².